The van der Waals surface area contributed by atoms with Gasteiger partial charge in [-0.1, -0.05) is 26.0 Å². The molecule has 4 bridgehead atoms. The maximum atomic E-state index is 12.8. The van der Waals surface area contributed by atoms with Crippen molar-refractivity contribution in [1.82, 2.24) is 10.6 Å². The fourth-order valence-electron chi connectivity index (χ4n) is 5.97. The van der Waals surface area contributed by atoms with E-state index in [0.717, 1.165) is 22.6 Å². The number of amides is 2. The van der Waals surface area contributed by atoms with Gasteiger partial charge >= 0.3 is 0 Å². The maximum absolute atomic E-state index is 12.8. The van der Waals surface area contributed by atoms with Gasteiger partial charge in [0, 0.05) is 16.5 Å². The van der Waals surface area contributed by atoms with Gasteiger partial charge in [-0.15, -0.1) is 11.8 Å². The smallest absolute Gasteiger partial charge is 0.252 e. The number of thioether (sulfide) groups is 1. The molecule has 158 valence electrons. The molecule has 4 fully saturated rings. The molecule has 5 rings (SSSR count). The zero-order valence-corrected chi connectivity index (χ0v) is 18.7. The largest absolute Gasteiger partial charge is 0.350 e. The van der Waals surface area contributed by atoms with E-state index in [1.165, 1.54) is 50.3 Å². The monoisotopic (exact) mass is 414 g/mol. The van der Waals surface area contributed by atoms with Gasteiger partial charge in [-0.05, 0) is 81.3 Å². The van der Waals surface area contributed by atoms with Gasteiger partial charge in [-0.3, -0.25) is 9.59 Å². The Bertz CT molecular complexity index is 741. The van der Waals surface area contributed by atoms with E-state index < -0.39 is 0 Å². The first-order valence-electron chi connectivity index (χ1n) is 11.2. The molecule has 4 saturated carbocycles. The molecular weight excluding hydrogens is 380 g/mol. The van der Waals surface area contributed by atoms with E-state index in [0.29, 0.717) is 17.2 Å². The van der Waals surface area contributed by atoms with Crippen molar-refractivity contribution >= 4 is 23.6 Å². The Morgan fingerprint density at radius 3 is 2.21 bits per heavy atom. The number of benzene rings is 1. The summed E-state index contributed by atoms with van der Waals surface area (Å²) in [4.78, 5) is 26.4. The SMILES string of the molecule is CC(C)C(C)NC(=O)c1ccccc1SCC(=O)NC12CC3CC(CC(C3)C1)C2. The lowest BCUT2D eigenvalue weighted by atomic mass is 9.53. The third kappa shape index (κ3) is 4.65. The number of rotatable bonds is 7. The Labute approximate surface area is 179 Å². The van der Waals surface area contributed by atoms with Crippen LogP contribution in [0.2, 0.25) is 0 Å². The van der Waals surface area contributed by atoms with E-state index in [9.17, 15) is 9.59 Å². The highest BCUT2D eigenvalue weighted by Crippen LogP contribution is 2.55. The van der Waals surface area contributed by atoms with Crippen LogP contribution in [-0.4, -0.2) is 29.1 Å². The van der Waals surface area contributed by atoms with Crippen LogP contribution in [0.5, 0.6) is 0 Å². The first-order chi connectivity index (χ1) is 13.8. The fraction of sp³-hybridized carbons (Fsp3) is 0.667. The molecule has 1 unspecified atom stereocenters. The molecule has 0 aliphatic heterocycles. The molecule has 1 aromatic rings. The van der Waals surface area contributed by atoms with Gasteiger partial charge in [0.25, 0.3) is 5.91 Å². The Kier molecular flexibility index (Phi) is 5.97. The van der Waals surface area contributed by atoms with Gasteiger partial charge in [-0.25, -0.2) is 0 Å². The summed E-state index contributed by atoms with van der Waals surface area (Å²) in [6.07, 6.45) is 7.63. The van der Waals surface area contributed by atoms with Crippen LogP contribution in [0.3, 0.4) is 0 Å². The van der Waals surface area contributed by atoms with Gasteiger partial charge < -0.3 is 10.6 Å². The zero-order chi connectivity index (χ0) is 20.6. The average Bonchev–Trinajstić information content (AvgIpc) is 2.65. The Morgan fingerprint density at radius 2 is 1.62 bits per heavy atom. The van der Waals surface area contributed by atoms with E-state index in [4.69, 9.17) is 0 Å². The molecule has 0 spiro atoms. The minimum Gasteiger partial charge on any atom is -0.350 e. The molecule has 1 atom stereocenters. The molecule has 0 radical (unpaired) electrons. The molecule has 0 aromatic heterocycles. The highest BCUT2D eigenvalue weighted by Gasteiger charge is 2.51. The van der Waals surface area contributed by atoms with Gasteiger partial charge in [0.2, 0.25) is 5.91 Å². The van der Waals surface area contributed by atoms with Gasteiger partial charge in [0.05, 0.1) is 11.3 Å². The maximum Gasteiger partial charge on any atom is 0.252 e. The van der Waals surface area contributed by atoms with Crippen molar-refractivity contribution in [1.29, 1.82) is 0 Å². The van der Waals surface area contributed by atoms with Gasteiger partial charge in [0.15, 0.2) is 0 Å². The first kappa shape index (κ1) is 20.8. The van der Waals surface area contributed by atoms with Crippen LogP contribution in [0.1, 0.15) is 69.7 Å². The highest BCUT2D eigenvalue weighted by molar-refractivity contribution is 8.00. The van der Waals surface area contributed by atoms with E-state index >= 15 is 0 Å². The van der Waals surface area contributed by atoms with Crippen molar-refractivity contribution in [2.24, 2.45) is 23.7 Å². The lowest BCUT2D eigenvalue weighted by molar-refractivity contribution is -0.124. The van der Waals surface area contributed by atoms with E-state index in [2.05, 4.69) is 24.5 Å². The van der Waals surface area contributed by atoms with Crippen LogP contribution < -0.4 is 10.6 Å². The molecule has 4 aliphatic carbocycles. The van der Waals surface area contributed by atoms with Crippen molar-refractivity contribution in [2.75, 3.05) is 5.75 Å². The highest BCUT2D eigenvalue weighted by atomic mass is 32.2. The lowest BCUT2D eigenvalue weighted by Gasteiger charge is -2.56. The molecule has 4 aliphatic rings. The molecule has 0 heterocycles. The van der Waals surface area contributed by atoms with Crippen molar-refractivity contribution in [2.45, 2.75) is 75.8 Å². The second-order valence-electron chi connectivity index (χ2n) is 10.0. The predicted octanol–water partition coefficient (Wildman–Crippen LogP) is 4.64. The molecular formula is C24H34N2O2S. The van der Waals surface area contributed by atoms with Crippen molar-refractivity contribution < 1.29 is 9.59 Å². The summed E-state index contributed by atoms with van der Waals surface area (Å²) in [6, 6.07) is 7.72. The summed E-state index contributed by atoms with van der Waals surface area (Å²) >= 11 is 1.47. The molecule has 4 nitrogen and oxygen atoms in total. The second kappa shape index (κ2) is 8.33. The minimum atomic E-state index is -0.0595. The first-order valence-corrected chi connectivity index (χ1v) is 12.2. The molecule has 1 aromatic carbocycles. The third-order valence-electron chi connectivity index (χ3n) is 7.29. The topological polar surface area (TPSA) is 58.2 Å². The van der Waals surface area contributed by atoms with Crippen molar-refractivity contribution in [3.05, 3.63) is 29.8 Å². The fourth-order valence-corrected chi connectivity index (χ4v) is 6.82. The quantitative estimate of drug-likeness (QED) is 0.639. The van der Waals surface area contributed by atoms with Crippen molar-refractivity contribution in [3.8, 4) is 0 Å². The number of hydrogen-bond donors (Lipinski definition) is 2. The van der Waals surface area contributed by atoms with E-state index in [1.807, 2.05) is 31.2 Å². The van der Waals surface area contributed by atoms with Crippen LogP contribution in [0.15, 0.2) is 29.2 Å². The second-order valence-corrected chi connectivity index (χ2v) is 11.1. The number of carbonyl (C=O) groups is 2. The summed E-state index contributed by atoms with van der Waals surface area (Å²) in [6.45, 7) is 6.22. The zero-order valence-electron chi connectivity index (χ0n) is 17.9. The van der Waals surface area contributed by atoms with Crippen LogP contribution in [-0.2, 0) is 4.79 Å². The Hall–Kier alpha value is -1.49. The van der Waals surface area contributed by atoms with Crippen LogP contribution in [0.4, 0.5) is 0 Å². The number of hydrogen-bond acceptors (Lipinski definition) is 3. The summed E-state index contributed by atoms with van der Waals surface area (Å²) in [5.74, 6) is 3.26. The Balaban J connectivity index is 1.36. The van der Waals surface area contributed by atoms with Gasteiger partial charge in [0.1, 0.15) is 0 Å². The normalized spacial score (nSPS) is 31.0. The third-order valence-corrected chi connectivity index (χ3v) is 8.37. The van der Waals surface area contributed by atoms with Crippen LogP contribution in [0.25, 0.3) is 0 Å². The van der Waals surface area contributed by atoms with Crippen LogP contribution in [0, 0.1) is 23.7 Å². The average molecular weight is 415 g/mol. The van der Waals surface area contributed by atoms with E-state index in [1.54, 1.807) is 0 Å². The number of nitrogens with one attached hydrogen (secondary N) is 2. The summed E-state index contributed by atoms with van der Waals surface area (Å²) in [5, 5.41) is 6.50. The summed E-state index contributed by atoms with van der Waals surface area (Å²) in [5.41, 5.74) is 0.711. The van der Waals surface area contributed by atoms with E-state index in [-0.39, 0.29) is 23.4 Å². The van der Waals surface area contributed by atoms with Crippen molar-refractivity contribution in [3.63, 3.8) is 0 Å². The number of carbonyl (C=O) groups excluding carboxylic acids is 2. The summed E-state index contributed by atoms with van der Waals surface area (Å²) in [7, 11) is 0. The Morgan fingerprint density at radius 1 is 1.03 bits per heavy atom. The summed E-state index contributed by atoms with van der Waals surface area (Å²) < 4.78 is 0. The molecule has 5 heteroatoms. The molecule has 2 N–H and O–H groups in total. The standard InChI is InChI=1S/C24H34N2O2S/c1-15(2)16(3)25-23(28)20-6-4-5-7-21(20)29-14-22(27)26-24-11-17-8-18(12-24)10-19(9-17)13-24/h4-7,15-19H,8-14H2,1-3H3,(H,25,28)(H,26,27). The molecule has 29 heavy (non-hydrogen) atoms. The van der Waals surface area contributed by atoms with Crippen LogP contribution >= 0.6 is 11.8 Å². The lowest BCUT2D eigenvalue weighted by Crippen LogP contribution is -2.60. The minimum absolute atomic E-state index is 0.0516. The predicted molar refractivity (Wildman–Crippen MR) is 118 cm³/mol. The molecule has 2 amide bonds. The van der Waals surface area contributed by atoms with Gasteiger partial charge in [-0.2, -0.15) is 0 Å². The molecule has 0 saturated heterocycles.